The fraction of sp³-hybridized carbons (Fsp3) is 1.00. The van der Waals surface area contributed by atoms with Gasteiger partial charge in [-0.1, -0.05) is 19.8 Å². The molecule has 0 aromatic heterocycles. The SMILES string of the molecule is CC(O)CC(C)SCC1CCCC1. The van der Waals surface area contributed by atoms with Crippen LogP contribution >= 0.6 is 11.8 Å². The zero-order chi connectivity index (χ0) is 9.68. The lowest BCUT2D eigenvalue weighted by Gasteiger charge is -2.15. The van der Waals surface area contributed by atoms with E-state index in [2.05, 4.69) is 6.92 Å². The molecular formula is C11H22OS. The van der Waals surface area contributed by atoms with Crippen LogP contribution in [0.3, 0.4) is 0 Å². The molecule has 0 heterocycles. The Bertz CT molecular complexity index is 130. The third-order valence-corrected chi connectivity index (χ3v) is 4.19. The van der Waals surface area contributed by atoms with Crippen molar-refractivity contribution in [2.45, 2.75) is 57.3 Å². The Kier molecular flexibility index (Phi) is 5.18. The van der Waals surface area contributed by atoms with Gasteiger partial charge in [0.2, 0.25) is 0 Å². The lowest BCUT2D eigenvalue weighted by atomic mass is 10.1. The zero-order valence-electron chi connectivity index (χ0n) is 8.83. The highest BCUT2D eigenvalue weighted by molar-refractivity contribution is 7.99. The minimum atomic E-state index is -0.133. The molecule has 0 spiro atoms. The van der Waals surface area contributed by atoms with E-state index in [1.807, 2.05) is 18.7 Å². The highest BCUT2D eigenvalue weighted by Gasteiger charge is 2.16. The van der Waals surface area contributed by atoms with Crippen LogP contribution in [-0.2, 0) is 0 Å². The van der Waals surface area contributed by atoms with Gasteiger partial charge in [0, 0.05) is 5.25 Å². The van der Waals surface area contributed by atoms with E-state index in [9.17, 15) is 5.11 Å². The summed E-state index contributed by atoms with van der Waals surface area (Å²) < 4.78 is 0. The van der Waals surface area contributed by atoms with E-state index in [1.165, 1.54) is 31.4 Å². The van der Waals surface area contributed by atoms with Gasteiger partial charge in [-0.3, -0.25) is 0 Å². The topological polar surface area (TPSA) is 20.2 Å². The summed E-state index contributed by atoms with van der Waals surface area (Å²) in [6.07, 6.45) is 6.57. The molecule has 2 heteroatoms. The van der Waals surface area contributed by atoms with Crippen LogP contribution in [-0.4, -0.2) is 22.2 Å². The van der Waals surface area contributed by atoms with E-state index >= 15 is 0 Å². The van der Waals surface area contributed by atoms with Crippen molar-refractivity contribution in [1.29, 1.82) is 0 Å². The number of rotatable bonds is 5. The second kappa shape index (κ2) is 5.92. The maximum atomic E-state index is 9.20. The van der Waals surface area contributed by atoms with E-state index in [0.29, 0.717) is 5.25 Å². The fourth-order valence-corrected chi connectivity index (χ4v) is 3.37. The van der Waals surface area contributed by atoms with Crippen molar-refractivity contribution in [3.05, 3.63) is 0 Å². The third kappa shape index (κ3) is 4.92. The van der Waals surface area contributed by atoms with Gasteiger partial charge in [0.05, 0.1) is 6.10 Å². The van der Waals surface area contributed by atoms with Crippen molar-refractivity contribution in [1.82, 2.24) is 0 Å². The van der Waals surface area contributed by atoms with Crippen LogP contribution in [0.15, 0.2) is 0 Å². The van der Waals surface area contributed by atoms with Crippen molar-refractivity contribution in [3.63, 3.8) is 0 Å². The average molecular weight is 202 g/mol. The van der Waals surface area contributed by atoms with Gasteiger partial charge in [-0.15, -0.1) is 0 Å². The van der Waals surface area contributed by atoms with Gasteiger partial charge in [-0.25, -0.2) is 0 Å². The third-order valence-electron chi connectivity index (χ3n) is 2.76. The first kappa shape index (κ1) is 11.4. The summed E-state index contributed by atoms with van der Waals surface area (Å²) in [6.45, 7) is 4.11. The van der Waals surface area contributed by atoms with Crippen molar-refractivity contribution in [3.8, 4) is 0 Å². The molecule has 0 aliphatic heterocycles. The first-order valence-electron chi connectivity index (χ1n) is 5.48. The van der Waals surface area contributed by atoms with Gasteiger partial charge >= 0.3 is 0 Å². The summed E-state index contributed by atoms with van der Waals surface area (Å²) >= 11 is 2.04. The van der Waals surface area contributed by atoms with Gasteiger partial charge < -0.3 is 5.11 Å². The molecule has 78 valence electrons. The Morgan fingerprint density at radius 1 is 1.31 bits per heavy atom. The molecule has 2 unspecified atom stereocenters. The smallest absolute Gasteiger partial charge is 0.0522 e. The molecule has 0 bridgehead atoms. The van der Waals surface area contributed by atoms with E-state index in [1.54, 1.807) is 0 Å². The standard InChI is InChI=1S/C11H22OS/c1-9(12)7-10(2)13-8-11-5-3-4-6-11/h9-12H,3-8H2,1-2H3. The van der Waals surface area contributed by atoms with Crippen LogP contribution in [0.25, 0.3) is 0 Å². The van der Waals surface area contributed by atoms with Crippen LogP contribution in [0.4, 0.5) is 0 Å². The minimum Gasteiger partial charge on any atom is -0.393 e. The summed E-state index contributed by atoms with van der Waals surface area (Å²) in [5.74, 6) is 2.29. The first-order valence-corrected chi connectivity index (χ1v) is 6.53. The van der Waals surface area contributed by atoms with Gasteiger partial charge in [-0.05, 0) is 37.9 Å². The van der Waals surface area contributed by atoms with Gasteiger partial charge in [0.1, 0.15) is 0 Å². The molecule has 1 saturated carbocycles. The predicted molar refractivity (Wildman–Crippen MR) is 60.2 cm³/mol. The maximum absolute atomic E-state index is 9.20. The normalized spacial score (nSPS) is 23.3. The highest BCUT2D eigenvalue weighted by Crippen LogP contribution is 2.30. The van der Waals surface area contributed by atoms with Crippen LogP contribution in [0.5, 0.6) is 0 Å². The Labute approximate surface area is 86.3 Å². The molecule has 1 fully saturated rings. The fourth-order valence-electron chi connectivity index (χ4n) is 2.03. The zero-order valence-corrected chi connectivity index (χ0v) is 9.65. The van der Waals surface area contributed by atoms with E-state index in [0.717, 1.165) is 12.3 Å². The number of aliphatic hydroxyl groups is 1. The summed E-state index contributed by atoms with van der Waals surface area (Å²) in [5, 5.41) is 9.83. The molecule has 0 aromatic carbocycles. The summed E-state index contributed by atoms with van der Waals surface area (Å²) in [7, 11) is 0. The quantitative estimate of drug-likeness (QED) is 0.739. The second-order valence-corrected chi connectivity index (χ2v) is 5.85. The molecule has 13 heavy (non-hydrogen) atoms. The van der Waals surface area contributed by atoms with Crippen molar-refractivity contribution in [2.24, 2.45) is 5.92 Å². The Balaban J connectivity index is 2.03. The van der Waals surface area contributed by atoms with E-state index in [-0.39, 0.29) is 6.10 Å². The molecule has 1 rings (SSSR count). The molecule has 2 atom stereocenters. The van der Waals surface area contributed by atoms with Crippen molar-refractivity contribution in [2.75, 3.05) is 5.75 Å². The molecular weight excluding hydrogens is 180 g/mol. The molecule has 1 N–H and O–H groups in total. The largest absolute Gasteiger partial charge is 0.393 e. The number of thioether (sulfide) groups is 1. The molecule has 1 nitrogen and oxygen atoms in total. The van der Waals surface area contributed by atoms with Crippen LogP contribution in [0, 0.1) is 5.92 Å². The van der Waals surface area contributed by atoms with Crippen LogP contribution in [0.1, 0.15) is 46.0 Å². The summed E-state index contributed by atoms with van der Waals surface area (Å²) in [6, 6.07) is 0. The van der Waals surface area contributed by atoms with Crippen LogP contribution in [0.2, 0.25) is 0 Å². The van der Waals surface area contributed by atoms with Crippen molar-refractivity contribution < 1.29 is 5.11 Å². The summed E-state index contributed by atoms with van der Waals surface area (Å²) in [5.41, 5.74) is 0. The molecule has 0 radical (unpaired) electrons. The second-order valence-electron chi connectivity index (χ2n) is 4.38. The number of aliphatic hydroxyl groups excluding tert-OH is 1. The monoisotopic (exact) mass is 202 g/mol. The summed E-state index contributed by atoms with van der Waals surface area (Å²) in [4.78, 5) is 0. The Morgan fingerprint density at radius 2 is 1.92 bits per heavy atom. The molecule has 0 amide bonds. The van der Waals surface area contributed by atoms with Crippen molar-refractivity contribution >= 4 is 11.8 Å². The highest BCUT2D eigenvalue weighted by atomic mass is 32.2. The van der Waals surface area contributed by atoms with Gasteiger partial charge in [-0.2, -0.15) is 11.8 Å². The van der Waals surface area contributed by atoms with E-state index in [4.69, 9.17) is 0 Å². The average Bonchev–Trinajstić information content (AvgIpc) is 2.51. The molecule has 0 saturated heterocycles. The number of hydrogen-bond donors (Lipinski definition) is 1. The maximum Gasteiger partial charge on any atom is 0.0522 e. The lowest BCUT2D eigenvalue weighted by Crippen LogP contribution is -2.10. The predicted octanol–water partition coefficient (Wildman–Crippen LogP) is 3.07. The number of hydrogen-bond acceptors (Lipinski definition) is 2. The van der Waals surface area contributed by atoms with E-state index < -0.39 is 0 Å². The molecule has 1 aliphatic carbocycles. The lowest BCUT2D eigenvalue weighted by molar-refractivity contribution is 0.185. The van der Waals surface area contributed by atoms with Gasteiger partial charge in [0.15, 0.2) is 0 Å². The van der Waals surface area contributed by atoms with Crippen LogP contribution < -0.4 is 0 Å². The first-order chi connectivity index (χ1) is 6.18. The minimum absolute atomic E-state index is 0.133. The van der Waals surface area contributed by atoms with Gasteiger partial charge in [0.25, 0.3) is 0 Å². The Morgan fingerprint density at radius 3 is 2.46 bits per heavy atom. The molecule has 1 aliphatic rings. The Hall–Kier alpha value is 0.310. The molecule has 0 aromatic rings.